The molecule has 1 aliphatic heterocycles. The van der Waals surface area contributed by atoms with Gasteiger partial charge in [0, 0.05) is 12.8 Å². The van der Waals surface area contributed by atoms with E-state index in [4.69, 9.17) is 23.9 Å². The number of anilines is 1. The Morgan fingerprint density at radius 2 is 1.84 bits per heavy atom. The summed E-state index contributed by atoms with van der Waals surface area (Å²) in [5.41, 5.74) is 3.77. The fraction of sp³-hybridized carbons (Fsp3) is 0.304. The lowest BCUT2D eigenvalue weighted by Crippen LogP contribution is -2.29. The van der Waals surface area contributed by atoms with Crippen LogP contribution in [0.4, 0.5) is 5.95 Å². The summed E-state index contributed by atoms with van der Waals surface area (Å²) >= 11 is 0. The van der Waals surface area contributed by atoms with E-state index in [9.17, 15) is 4.79 Å². The summed E-state index contributed by atoms with van der Waals surface area (Å²) in [6.45, 7) is 2.34. The van der Waals surface area contributed by atoms with E-state index in [0.717, 1.165) is 16.6 Å². The Balaban J connectivity index is 1.89. The number of nitrogens with one attached hydrogen (secondary N) is 1. The number of esters is 1. The largest absolute Gasteiger partial charge is 0.493 e. The van der Waals surface area contributed by atoms with Crippen molar-refractivity contribution in [2.45, 2.75) is 13.0 Å². The summed E-state index contributed by atoms with van der Waals surface area (Å²) in [6, 6.07) is 13.0. The molecule has 2 heterocycles. The van der Waals surface area contributed by atoms with Crippen molar-refractivity contribution in [1.29, 1.82) is 0 Å². The predicted octanol–water partition coefficient (Wildman–Crippen LogP) is 3.53. The minimum absolute atomic E-state index is 0.169. The summed E-state index contributed by atoms with van der Waals surface area (Å²) in [7, 11) is 4.74. The highest BCUT2D eigenvalue weighted by molar-refractivity contribution is 5.94. The third-order valence-electron chi connectivity index (χ3n) is 5.29. The number of allylic oxidation sites excluding steroid dienone is 1. The molecule has 3 aromatic rings. The molecule has 0 radical (unpaired) electrons. The minimum atomic E-state index is -0.460. The molecule has 1 N–H and O–H groups in total. The monoisotopic (exact) mass is 423 g/mol. The van der Waals surface area contributed by atoms with Crippen molar-refractivity contribution in [3.8, 4) is 11.5 Å². The van der Waals surface area contributed by atoms with Crippen LogP contribution in [0.15, 0.2) is 53.7 Å². The number of carbonyl (C=O) groups excluding carboxylic acids is 1. The second-order valence-corrected chi connectivity index (χ2v) is 7.10. The van der Waals surface area contributed by atoms with Crippen molar-refractivity contribution in [2.24, 2.45) is 0 Å². The molecule has 8 nitrogen and oxygen atoms in total. The van der Waals surface area contributed by atoms with Crippen molar-refractivity contribution in [3.05, 3.63) is 59.3 Å². The molecule has 1 atom stereocenters. The Morgan fingerprint density at radius 3 is 2.58 bits per heavy atom. The van der Waals surface area contributed by atoms with E-state index >= 15 is 0 Å². The number of rotatable bonds is 7. The first-order valence-corrected chi connectivity index (χ1v) is 9.91. The minimum Gasteiger partial charge on any atom is -0.493 e. The zero-order chi connectivity index (χ0) is 22.0. The number of carbonyl (C=O) groups is 1. The topological polar surface area (TPSA) is 83.8 Å². The van der Waals surface area contributed by atoms with Crippen LogP contribution in [-0.2, 0) is 14.3 Å². The van der Waals surface area contributed by atoms with Gasteiger partial charge >= 0.3 is 5.97 Å². The zero-order valence-electron chi connectivity index (χ0n) is 18.0. The molecule has 0 spiro atoms. The quantitative estimate of drug-likeness (QED) is 0.460. The third-order valence-corrected chi connectivity index (χ3v) is 5.29. The molecular formula is C23H25N3O5. The van der Waals surface area contributed by atoms with Crippen molar-refractivity contribution in [1.82, 2.24) is 9.55 Å². The molecule has 0 unspecified atom stereocenters. The second-order valence-electron chi connectivity index (χ2n) is 7.10. The van der Waals surface area contributed by atoms with Crippen LogP contribution in [0.3, 0.4) is 0 Å². The summed E-state index contributed by atoms with van der Waals surface area (Å²) in [6.07, 6.45) is 0. The number of nitrogens with zero attached hydrogens (tertiary/aromatic N) is 2. The highest BCUT2D eigenvalue weighted by Gasteiger charge is 2.35. The van der Waals surface area contributed by atoms with Crippen LogP contribution >= 0.6 is 0 Å². The maximum atomic E-state index is 13.1. The van der Waals surface area contributed by atoms with E-state index in [1.807, 2.05) is 54.0 Å². The highest BCUT2D eigenvalue weighted by Crippen LogP contribution is 2.41. The van der Waals surface area contributed by atoms with Gasteiger partial charge in [0.25, 0.3) is 0 Å². The number of benzene rings is 2. The van der Waals surface area contributed by atoms with Crippen LogP contribution in [0.25, 0.3) is 11.0 Å². The van der Waals surface area contributed by atoms with Gasteiger partial charge in [-0.1, -0.05) is 18.2 Å². The molecule has 0 amide bonds. The average Bonchev–Trinajstić information content (AvgIpc) is 3.15. The first kappa shape index (κ1) is 20.7. The van der Waals surface area contributed by atoms with E-state index < -0.39 is 12.0 Å². The van der Waals surface area contributed by atoms with Crippen LogP contribution in [0.2, 0.25) is 0 Å². The first-order chi connectivity index (χ1) is 15.1. The van der Waals surface area contributed by atoms with Crippen LogP contribution in [0.5, 0.6) is 11.5 Å². The maximum Gasteiger partial charge on any atom is 0.338 e. The molecule has 0 aliphatic carbocycles. The van der Waals surface area contributed by atoms with Gasteiger partial charge in [0.15, 0.2) is 11.5 Å². The molecule has 0 saturated carbocycles. The Hall–Kier alpha value is -3.52. The fourth-order valence-corrected chi connectivity index (χ4v) is 3.86. The third kappa shape index (κ3) is 3.70. The highest BCUT2D eigenvalue weighted by atomic mass is 16.6. The molecule has 162 valence electrons. The average molecular weight is 423 g/mol. The van der Waals surface area contributed by atoms with Crippen LogP contribution in [0.1, 0.15) is 18.5 Å². The lowest BCUT2D eigenvalue weighted by Gasteiger charge is -2.30. The lowest BCUT2D eigenvalue weighted by atomic mass is 9.94. The number of para-hydroxylation sites is 2. The number of ether oxygens (including phenoxy) is 4. The van der Waals surface area contributed by atoms with Crippen molar-refractivity contribution < 1.29 is 23.7 Å². The van der Waals surface area contributed by atoms with Gasteiger partial charge in [0.2, 0.25) is 5.95 Å². The number of aromatic nitrogens is 2. The normalized spacial score (nSPS) is 15.4. The summed E-state index contributed by atoms with van der Waals surface area (Å²) in [5.74, 6) is 1.44. The fourth-order valence-electron chi connectivity index (χ4n) is 3.86. The second kappa shape index (κ2) is 8.69. The van der Waals surface area contributed by atoms with Crippen LogP contribution in [-0.4, -0.2) is 50.1 Å². The van der Waals surface area contributed by atoms with E-state index in [1.165, 1.54) is 0 Å². The first-order valence-electron chi connectivity index (χ1n) is 9.91. The van der Waals surface area contributed by atoms with Gasteiger partial charge in [0.05, 0.1) is 43.5 Å². The summed E-state index contributed by atoms with van der Waals surface area (Å²) in [4.78, 5) is 17.9. The number of fused-ring (bicyclic) bond motifs is 3. The molecule has 1 aromatic heterocycles. The van der Waals surface area contributed by atoms with Gasteiger partial charge in [-0.25, -0.2) is 9.78 Å². The van der Waals surface area contributed by atoms with Crippen molar-refractivity contribution >= 4 is 23.0 Å². The molecule has 31 heavy (non-hydrogen) atoms. The summed E-state index contributed by atoms with van der Waals surface area (Å²) in [5, 5.41) is 3.27. The van der Waals surface area contributed by atoms with Gasteiger partial charge < -0.3 is 24.3 Å². The van der Waals surface area contributed by atoms with Gasteiger partial charge in [0.1, 0.15) is 6.61 Å². The molecule has 0 fully saturated rings. The zero-order valence-corrected chi connectivity index (χ0v) is 18.0. The molecule has 8 heteroatoms. The van der Waals surface area contributed by atoms with Crippen LogP contribution in [0, 0.1) is 0 Å². The molecular weight excluding hydrogens is 398 g/mol. The SMILES string of the molecule is COCCOC(=O)C1=C(C)Nc2nc3ccccc3n2[C@H]1c1ccc(OC)c(OC)c1. The molecule has 4 rings (SSSR count). The van der Waals surface area contributed by atoms with Gasteiger partial charge in [-0.3, -0.25) is 4.57 Å². The Kier molecular flexibility index (Phi) is 5.81. The Labute approximate surface area is 180 Å². The van der Waals surface area contributed by atoms with Crippen molar-refractivity contribution in [3.63, 3.8) is 0 Å². The molecule has 0 bridgehead atoms. The van der Waals surface area contributed by atoms with Crippen LogP contribution < -0.4 is 14.8 Å². The van der Waals surface area contributed by atoms with E-state index in [-0.39, 0.29) is 6.61 Å². The van der Waals surface area contributed by atoms with Gasteiger partial charge in [-0.15, -0.1) is 0 Å². The van der Waals surface area contributed by atoms with Crippen molar-refractivity contribution in [2.75, 3.05) is 39.9 Å². The Bertz CT molecular complexity index is 1150. The number of imidazole rings is 1. The molecule has 1 aliphatic rings. The van der Waals surface area contributed by atoms with E-state index in [2.05, 4.69) is 5.32 Å². The molecule has 2 aromatic carbocycles. The standard InChI is InChI=1S/C23H25N3O5/c1-14-20(22(27)31-12-11-28-2)21(15-9-10-18(29-3)19(13-15)30-4)26-17-8-6-5-7-16(17)25-23(26)24-14/h5-10,13,21H,11-12H2,1-4H3,(H,24,25)/t21-/m0/s1. The summed E-state index contributed by atoms with van der Waals surface area (Å²) < 4.78 is 23.4. The predicted molar refractivity (Wildman–Crippen MR) is 117 cm³/mol. The number of methoxy groups -OCH3 is 3. The lowest BCUT2D eigenvalue weighted by molar-refractivity contribution is -0.140. The molecule has 0 saturated heterocycles. The number of hydrogen-bond donors (Lipinski definition) is 1. The number of hydrogen-bond acceptors (Lipinski definition) is 7. The smallest absolute Gasteiger partial charge is 0.338 e. The maximum absolute atomic E-state index is 13.1. The van der Waals surface area contributed by atoms with Gasteiger partial charge in [-0.05, 0) is 36.8 Å². The van der Waals surface area contributed by atoms with E-state index in [0.29, 0.717) is 35.3 Å². The van der Waals surface area contributed by atoms with E-state index in [1.54, 1.807) is 21.3 Å². The van der Waals surface area contributed by atoms with Gasteiger partial charge in [-0.2, -0.15) is 0 Å². The Morgan fingerprint density at radius 1 is 1.06 bits per heavy atom.